The Morgan fingerprint density at radius 3 is 2.63 bits per heavy atom. The largest absolute Gasteiger partial charge is 0.354 e. The van der Waals surface area contributed by atoms with Crippen LogP contribution in [-0.2, 0) is 24.8 Å². The molecule has 1 amide bonds. The van der Waals surface area contributed by atoms with Gasteiger partial charge in [-0.15, -0.1) is 24.0 Å². The molecular formula is C21H32FIN6O. The quantitative estimate of drug-likeness (QED) is 0.238. The predicted molar refractivity (Wildman–Crippen MR) is 129 cm³/mol. The molecule has 0 atom stereocenters. The first kappa shape index (κ1) is 25.9. The van der Waals surface area contributed by atoms with Crippen molar-refractivity contribution < 1.29 is 9.18 Å². The Morgan fingerprint density at radius 2 is 2.00 bits per heavy atom. The van der Waals surface area contributed by atoms with Gasteiger partial charge in [0.1, 0.15) is 5.82 Å². The van der Waals surface area contributed by atoms with Crippen molar-refractivity contribution in [3.8, 4) is 0 Å². The number of nitrogens with one attached hydrogen (secondary N) is 2. The van der Waals surface area contributed by atoms with Gasteiger partial charge in [-0.1, -0.05) is 26.0 Å². The molecule has 0 saturated heterocycles. The zero-order chi connectivity index (χ0) is 21.4. The van der Waals surface area contributed by atoms with Gasteiger partial charge in [0.15, 0.2) is 5.96 Å². The Balaban J connectivity index is 0.00000450. The number of hydrogen-bond acceptors (Lipinski definition) is 3. The van der Waals surface area contributed by atoms with Crippen LogP contribution in [0, 0.1) is 5.82 Å². The molecule has 0 aliphatic rings. The van der Waals surface area contributed by atoms with E-state index in [1.165, 1.54) is 12.1 Å². The number of carbonyl (C=O) groups is 1. The number of aliphatic imine (C=N–C) groups is 1. The van der Waals surface area contributed by atoms with Crippen molar-refractivity contribution in [1.82, 2.24) is 25.3 Å². The first-order valence-corrected chi connectivity index (χ1v) is 9.75. The molecule has 9 heteroatoms. The van der Waals surface area contributed by atoms with Crippen molar-refractivity contribution in [2.75, 3.05) is 27.2 Å². The van der Waals surface area contributed by atoms with E-state index in [1.807, 2.05) is 29.9 Å². The van der Waals surface area contributed by atoms with Crippen LogP contribution >= 0.6 is 24.0 Å². The number of guanidine groups is 1. The normalized spacial score (nSPS) is 11.2. The van der Waals surface area contributed by atoms with Gasteiger partial charge in [0.2, 0.25) is 5.91 Å². The van der Waals surface area contributed by atoms with Gasteiger partial charge in [-0.25, -0.2) is 4.39 Å². The topological polar surface area (TPSA) is 74.6 Å². The number of aryl methyl sites for hydroxylation is 1. The maximum Gasteiger partial charge on any atom is 0.224 e. The number of halogens is 2. The molecule has 30 heavy (non-hydrogen) atoms. The van der Waals surface area contributed by atoms with Gasteiger partial charge in [-0.2, -0.15) is 5.10 Å². The molecule has 1 aromatic heterocycles. The highest BCUT2D eigenvalue weighted by Gasteiger charge is 2.15. The van der Waals surface area contributed by atoms with Crippen molar-refractivity contribution in [1.29, 1.82) is 0 Å². The highest BCUT2D eigenvalue weighted by Crippen LogP contribution is 2.18. The fourth-order valence-electron chi connectivity index (χ4n) is 3.15. The summed E-state index contributed by atoms with van der Waals surface area (Å²) in [6.45, 7) is 5.94. The van der Waals surface area contributed by atoms with E-state index in [-0.39, 0.29) is 42.1 Å². The van der Waals surface area contributed by atoms with Gasteiger partial charge in [-0.3, -0.25) is 14.5 Å². The van der Waals surface area contributed by atoms with E-state index in [4.69, 9.17) is 0 Å². The number of hydrogen-bond donors (Lipinski definition) is 2. The Morgan fingerprint density at radius 1 is 1.30 bits per heavy atom. The minimum atomic E-state index is -0.335. The van der Waals surface area contributed by atoms with Crippen molar-refractivity contribution in [3.05, 3.63) is 53.1 Å². The first-order chi connectivity index (χ1) is 13.8. The molecule has 0 aliphatic carbocycles. The summed E-state index contributed by atoms with van der Waals surface area (Å²) in [4.78, 5) is 18.3. The predicted octanol–water partition coefficient (Wildman–Crippen LogP) is 2.67. The lowest BCUT2D eigenvalue weighted by Gasteiger charge is -2.22. The second-order valence-corrected chi connectivity index (χ2v) is 7.35. The SMILES string of the molecule is CN=C(NCCNC(=O)Cc1cccc(F)c1)N(C)Cc1cn(C)nc1C(C)C.I. The number of carbonyl (C=O) groups excluding carboxylic acids is 1. The lowest BCUT2D eigenvalue weighted by molar-refractivity contribution is -0.120. The molecule has 2 aromatic rings. The van der Waals surface area contributed by atoms with Crippen LogP contribution in [-0.4, -0.2) is 53.7 Å². The molecule has 0 spiro atoms. The number of benzene rings is 1. The van der Waals surface area contributed by atoms with Gasteiger partial charge < -0.3 is 15.5 Å². The van der Waals surface area contributed by atoms with Crippen molar-refractivity contribution in [2.24, 2.45) is 12.0 Å². The Hall–Kier alpha value is -2.17. The Labute approximate surface area is 195 Å². The summed E-state index contributed by atoms with van der Waals surface area (Å²) in [5.41, 5.74) is 2.90. The molecule has 7 nitrogen and oxygen atoms in total. The summed E-state index contributed by atoms with van der Waals surface area (Å²) < 4.78 is 15.0. The monoisotopic (exact) mass is 530 g/mol. The van der Waals surface area contributed by atoms with Gasteiger partial charge in [0.05, 0.1) is 12.1 Å². The molecule has 0 fully saturated rings. The van der Waals surface area contributed by atoms with Crippen LogP contribution in [0.5, 0.6) is 0 Å². The summed E-state index contributed by atoms with van der Waals surface area (Å²) in [5, 5.41) is 10.6. The average Bonchev–Trinajstić information content (AvgIpc) is 3.02. The fraction of sp³-hybridized carbons (Fsp3) is 0.476. The zero-order valence-corrected chi connectivity index (χ0v) is 20.6. The van der Waals surface area contributed by atoms with E-state index in [9.17, 15) is 9.18 Å². The molecule has 2 rings (SSSR count). The van der Waals surface area contributed by atoms with Crippen LogP contribution < -0.4 is 10.6 Å². The molecule has 0 unspecified atom stereocenters. The summed E-state index contributed by atoms with van der Waals surface area (Å²) >= 11 is 0. The van der Waals surface area contributed by atoms with Crippen LogP contribution in [0.4, 0.5) is 4.39 Å². The fourth-order valence-corrected chi connectivity index (χ4v) is 3.15. The van der Waals surface area contributed by atoms with Crippen molar-refractivity contribution >= 4 is 35.8 Å². The standard InChI is InChI=1S/C21H31FN6O.HI/c1-15(2)20-17(14-28(5)26-20)13-27(4)21(23-3)25-10-9-24-19(29)12-16-7-6-8-18(22)11-16;/h6-8,11,14-15H,9-10,12-13H2,1-5H3,(H,23,25)(H,24,29);1H. The summed E-state index contributed by atoms with van der Waals surface area (Å²) in [5.74, 6) is 0.613. The minimum Gasteiger partial charge on any atom is -0.354 e. The van der Waals surface area contributed by atoms with E-state index in [0.717, 1.165) is 17.2 Å². The number of aromatic nitrogens is 2. The van der Waals surface area contributed by atoms with Crippen LogP contribution in [0.25, 0.3) is 0 Å². The van der Waals surface area contributed by atoms with Crippen LogP contribution in [0.1, 0.15) is 36.6 Å². The third kappa shape index (κ3) is 7.92. The highest BCUT2D eigenvalue weighted by atomic mass is 127. The van der Waals surface area contributed by atoms with Crippen molar-refractivity contribution in [3.63, 3.8) is 0 Å². The van der Waals surface area contributed by atoms with Crippen molar-refractivity contribution in [2.45, 2.75) is 32.7 Å². The van der Waals surface area contributed by atoms with Gasteiger partial charge in [0.25, 0.3) is 0 Å². The molecule has 0 aliphatic heterocycles. The minimum absolute atomic E-state index is 0. The van der Waals surface area contributed by atoms with E-state index < -0.39 is 0 Å². The smallest absolute Gasteiger partial charge is 0.224 e. The Bertz CT molecular complexity index is 852. The number of amides is 1. The third-order valence-corrected chi connectivity index (χ3v) is 4.45. The lowest BCUT2D eigenvalue weighted by atomic mass is 10.1. The molecule has 2 N–H and O–H groups in total. The second-order valence-electron chi connectivity index (χ2n) is 7.35. The van der Waals surface area contributed by atoms with Crippen LogP contribution in [0.2, 0.25) is 0 Å². The average molecular weight is 530 g/mol. The summed E-state index contributed by atoms with van der Waals surface area (Å²) in [7, 11) is 5.62. The maximum atomic E-state index is 13.2. The van der Waals surface area contributed by atoms with Gasteiger partial charge >= 0.3 is 0 Å². The van der Waals surface area contributed by atoms with E-state index >= 15 is 0 Å². The molecule has 1 aromatic carbocycles. The van der Waals surface area contributed by atoms with Gasteiger partial charge in [0, 0.05) is 52.5 Å². The van der Waals surface area contributed by atoms with E-state index in [1.54, 1.807) is 19.2 Å². The molecule has 1 heterocycles. The van der Waals surface area contributed by atoms with Crippen LogP contribution in [0.3, 0.4) is 0 Å². The number of rotatable bonds is 8. The zero-order valence-electron chi connectivity index (χ0n) is 18.3. The molecule has 0 radical (unpaired) electrons. The third-order valence-electron chi connectivity index (χ3n) is 4.45. The van der Waals surface area contributed by atoms with E-state index in [0.29, 0.717) is 31.1 Å². The maximum absolute atomic E-state index is 13.2. The molecule has 0 saturated carbocycles. The summed E-state index contributed by atoms with van der Waals surface area (Å²) in [6.07, 6.45) is 2.19. The molecule has 166 valence electrons. The van der Waals surface area contributed by atoms with Gasteiger partial charge in [-0.05, 0) is 23.6 Å². The second kappa shape index (κ2) is 12.5. The molecule has 0 bridgehead atoms. The lowest BCUT2D eigenvalue weighted by Crippen LogP contribution is -2.42. The highest BCUT2D eigenvalue weighted by molar-refractivity contribution is 14.0. The number of nitrogens with zero attached hydrogens (tertiary/aromatic N) is 4. The summed E-state index contributed by atoms with van der Waals surface area (Å²) in [6, 6.07) is 6.08. The van der Waals surface area contributed by atoms with E-state index in [2.05, 4.69) is 34.6 Å². The first-order valence-electron chi connectivity index (χ1n) is 9.75. The molecular weight excluding hydrogens is 498 g/mol. The Kier molecular flexibility index (Phi) is 10.8. The van der Waals surface area contributed by atoms with Crippen LogP contribution in [0.15, 0.2) is 35.5 Å².